The van der Waals surface area contributed by atoms with Gasteiger partial charge in [0.25, 0.3) is 11.1 Å². The van der Waals surface area contributed by atoms with E-state index >= 15 is 0 Å². The second kappa shape index (κ2) is 9.55. The molecule has 0 radical (unpaired) electrons. The fourth-order valence-corrected chi connectivity index (χ4v) is 4.16. The highest BCUT2D eigenvalue weighted by Crippen LogP contribution is 2.34. The Bertz CT molecular complexity index is 1410. The number of amides is 3. The summed E-state index contributed by atoms with van der Waals surface area (Å²) in [6.07, 6.45) is 1.35. The molecule has 1 saturated heterocycles. The highest BCUT2D eigenvalue weighted by atomic mass is 32.2. The number of rotatable bonds is 6. The minimum atomic E-state index is -1.05. The van der Waals surface area contributed by atoms with Crippen molar-refractivity contribution < 1.29 is 37.5 Å². The number of benzene rings is 2. The van der Waals surface area contributed by atoms with Crippen LogP contribution in [0.3, 0.4) is 0 Å². The summed E-state index contributed by atoms with van der Waals surface area (Å²) in [5.74, 6) is -3.71. The van der Waals surface area contributed by atoms with Gasteiger partial charge < -0.3 is 14.8 Å². The van der Waals surface area contributed by atoms with E-state index in [-0.39, 0.29) is 21.9 Å². The molecule has 11 heteroatoms. The van der Waals surface area contributed by atoms with Gasteiger partial charge in [0, 0.05) is 17.7 Å². The van der Waals surface area contributed by atoms with E-state index in [0.29, 0.717) is 39.6 Å². The van der Waals surface area contributed by atoms with Crippen molar-refractivity contribution >= 4 is 46.5 Å². The van der Waals surface area contributed by atoms with Gasteiger partial charge in [-0.2, -0.15) is 0 Å². The zero-order valence-electron chi connectivity index (χ0n) is 18.0. The lowest BCUT2D eigenvalue weighted by Crippen LogP contribution is -2.36. The van der Waals surface area contributed by atoms with E-state index in [1.54, 1.807) is 25.1 Å². The van der Waals surface area contributed by atoms with E-state index in [2.05, 4.69) is 5.32 Å². The monoisotopic (exact) mass is 498 g/mol. The third-order valence-electron chi connectivity index (χ3n) is 5.02. The molecular weight excluding hydrogens is 482 g/mol. The van der Waals surface area contributed by atoms with Gasteiger partial charge in [0.1, 0.15) is 29.7 Å². The fourth-order valence-electron chi connectivity index (χ4n) is 3.34. The summed E-state index contributed by atoms with van der Waals surface area (Å²) < 4.78 is 32.5. The van der Waals surface area contributed by atoms with Crippen LogP contribution in [0.25, 0.3) is 17.4 Å². The second-order valence-corrected chi connectivity index (χ2v) is 8.47. The normalized spacial score (nSPS) is 14.6. The van der Waals surface area contributed by atoms with Crippen LogP contribution in [-0.4, -0.2) is 39.6 Å². The van der Waals surface area contributed by atoms with E-state index in [1.807, 2.05) is 0 Å². The summed E-state index contributed by atoms with van der Waals surface area (Å²) in [4.78, 5) is 49.0. The molecule has 0 aliphatic carbocycles. The molecular formula is C24H16F2N2O6S. The lowest BCUT2D eigenvalue weighted by molar-refractivity contribution is -0.127. The molecule has 2 heterocycles. The molecule has 0 atom stereocenters. The summed E-state index contributed by atoms with van der Waals surface area (Å²) in [5, 5.41) is 10.6. The maximum Gasteiger partial charge on any atom is 0.335 e. The number of nitrogens with zero attached hydrogens (tertiary/aromatic N) is 1. The number of furan rings is 1. The predicted molar refractivity (Wildman–Crippen MR) is 124 cm³/mol. The van der Waals surface area contributed by atoms with Crippen LogP contribution in [0.2, 0.25) is 0 Å². The minimum absolute atomic E-state index is 0.0228. The molecule has 1 aliphatic heterocycles. The molecule has 2 N–H and O–H groups in total. The lowest BCUT2D eigenvalue weighted by atomic mass is 10.0. The molecule has 8 nitrogen and oxygen atoms in total. The van der Waals surface area contributed by atoms with Crippen LogP contribution in [0.15, 0.2) is 57.9 Å². The van der Waals surface area contributed by atoms with Crippen LogP contribution >= 0.6 is 11.8 Å². The number of anilines is 1. The molecule has 0 saturated carbocycles. The van der Waals surface area contributed by atoms with Crippen molar-refractivity contribution in [2.45, 2.75) is 6.92 Å². The zero-order chi connectivity index (χ0) is 25.3. The maximum atomic E-state index is 13.7. The number of carboxylic acid groups (broad SMARTS) is 1. The number of carbonyl (C=O) groups excluding carboxylic acids is 3. The molecule has 35 heavy (non-hydrogen) atoms. The highest BCUT2D eigenvalue weighted by molar-refractivity contribution is 8.18. The first-order valence-corrected chi connectivity index (χ1v) is 10.9. The number of thioether (sulfide) groups is 1. The van der Waals surface area contributed by atoms with Gasteiger partial charge in [-0.1, -0.05) is 6.07 Å². The predicted octanol–water partition coefficient (Wildman–Crippen LogP) is 4.91. The van der Waals surface area contributed by atoms with Gasteiger partial charge in [0.2, 0.25) is 5.91 Å². The molecule has 3 aromatic rings. The maximum absolute atomic E-state index is 13.7. The Hall–Kier alpha value is -4.25. The van der Waals surface area contributed by atoms with E-state index < -0.39 is 41.2 Å². The van der Waals surface area contributed by atoms with Crippen molar-refractivity contribution in [3.8, 4) is 11.3 Å². The average Bonchev–Trinajstić information content (AvgIpc) is 3.35. The number of halogens is 2. The Labute approximate surface area is 201 Å². The molecule has 178 valence electrons. The summed E-state index contributed by atoms with van der Waals surface area (Å²) in [6, 6.07) is 10.4. The van der Waals surface area contributed by atoms with Crippen molar-refractivity contribution in [3.05, 3.63) is 82.0 Å². The van der Waals surface area contributed by atoms with Crippen molar-refractivity contribution in [2.24, 2.45) is 0 Å². The number of hydrogen-bond acceptors (Lipinski definition) is 6. The summed E-state index contributed by atoms with van der Waals surface area (Å²) in [6.45, 7) is 1.08. The van der Waals surface area contributed by atoms with Crippen LogP contribution in [-0.2, 0) is 9.59 Å². The van der Waals surface area contributed by atoms with Crippen LogP contribution in [0, 0.1) is 18.6 Å². The van der Waals surface area contributed by atoms with Crippen molar-refractivity contribution in [1.29, 1.82) is 0 Å². The highest BCUT2D eigenvalue weighted by Gasteiger charge is 2.36. The third-order valence-corrected chi connectivity index (χ3v) is 5.93. The number of aromatic carboxylic acids is 1. The number of carboxylic acids is 1. The Balaban J connectivity index is 1.47. The molecule has 4 rings (SSSR count). The molecule has 0 bridgehead atoms. The molecule has 3 amide bonds. The summed E-state index contributed by atoms with van der Waals surface area (Å²) >= 11 is 0.613. The third kappa shape index (κ3) is 5.14. The molecule has 1 aromatic heterocycles. The number of carbonyl (C=O) groups is 4. The second-order valence-electron chi connectivity index (χ2n) is 7.48. The SMILES string of the molecule is Cc1cc(C(=O)O)ccc1-c1ccc(C=C2SC(=O)N(CC(=O)Nc3ccc(F)cc3F)C2=O)o1. The lowest BCUT2D eigenvalue weighted by Gasteiger charge is -2.12. The first-order chi connectivity index (χ1) is 16.6. The Morgan fingerprint density at radius 2 is 1.89 bits per heavy atom. The Morgan fingerprint density at radius 1 is 1.11 bits per heavy atom. The topological polar surface area (TPSA) is 117 Å². The van der Waals surface area contributed by atoms with Crippen LogP contribution in [0.1, 0.15) is 21.7 Å². The van der Waals surface area contributed by atoms with Crippen LogP contribution in [0.4, 0.5) is 19.3 Å². The standard InChI is InChI=1S/C24H16F2N2O6S/c1-12-8-13(23(31)32)2-5-16(12)19-7-4-15(34-19)10-20-22(30)28(24(33)35-20)11-21(29)27-18-6-3-14(25)9-17(18)26/h2-10H,11H2,1H3,(H,27,29)(H,31,32). The molecule has 2 aromatic carbocycles. The van der Waals surface area contributed by atoms with Crippen molar-refractivity contribution in [2.75, 3.05) is 11.9 Å². The Morgan fingerprint density at radius 3 is 2.57 bits per heavy atom. The Kier molecular flexibility index (Phi) is 6.52. The summed E-state index contributed by atoms with van der Waals surface area (Å²) in [5.41, 5.74) is 1.19. The number of aryl methyl sites for hydroxylation is 1. The smallest absolute Gasteiger partial charge is 0.335 e. The van der Waals surface area contributed by atoms with Gasteiger partial charge in [-0.3, -0.25) is 19.3 Å². The van der Waals surface area contributed by atoms with Gasteiger partial charge in [-0.25, -0.2) is 13.6 Å². The van der Waals surface area contributed by atoms with Gasteiger partial charge in [-0.05, 0) is 60.6 Å². The first kappa shape index (κ1) is 23.9. The number of hydrogen-bond donors (Lipinski definition) is 2. The fraction of sp³-hybridized carbons (Fsp3) is 0.0833. The number of nitrogens with one attached hydrogen (secondary N) is 1. The van der Waals surface area contributed by atoms with Crippen molar-refractivity contribution in [1.82, 2.24) is 4.90 Å². The van der Waals surface area contributed by atoms with E-state index in [1.165, 1.54) is 18.2 Å². The van der Waals surface area contributed by atoms with E-state index in [4.69, 9.17) is 9.52 Å². The van der Waals surface area contributed by atoms with Gasteiger partial charge >= 0.3 is 5.97 Å². The van der Waals surface area contributed by atoms with Crippen LogP contribution in [0.5, 0.6) is 0 Å². The molecule has 1 aliphatic rings. The molecule has 1 fully saturated rings. The first-order valence-electron chi connectivity index (χ1n) is 10.1. The van der Waals surface area contributed by atoms with E-state index in [0.717, 1.165) is 12.1 Å². The van der Waals surface area contributed by atoms with Gasteiger partial charge in [0.05, 0.1) is 16.2 Å². The van der Waals surface area contributed by atoms with E-state index in [9.17, 15) is 28.0 Å². The van der Waals surface area contributed by atoms with Gasteiger partial charge in [-0.15, -0.1) is 0 Å². The zero-order valence-corrected chi connectivity index (χ0v) is 18.8. The van der Waals surface area contributed by atoms with Crippen LogP contribution < -0.4 is 5.32 Å². The minimum Gasteiger partial charge on any atom is -0.478 e. The van der Waals surface area contributed by atoms with Gasteiger partial charge in [0.15, 0.2) is 0 Å². The largest absolute Gasteiger partial charge is 0.478 e. The summed E-state index contributed by atoms with van der Waals surface area (Å²) in [7, 11) is 0. The number of imide groups is 1. The quantitative estimate of drug-likeness (QED) is 0.464. The molecule has 0 spiro atoms. The average molecular weight is 498 g/mol. The molecule has 0 unspecified atom stereocenters. The van der Waals surface area contributed by atoms with Crippen molar-refractivity contribution in [3.63, 3.8) is 0 Å².